The molecule has 1 aromatic heterocycles. The molecule has 0 fully saturated rings. The van der Waals surface area contributed by atoms with Crippen LogP contribution in [0.3, 0.4) is 0 Å². The Bertz CT molecular complexity index is 932. The Morgan fingerprint density at radius 3 is 2.44 bits per heavy atom. The number of hydrogen-bond acceptors (Lipinski definition) is 3. The number of aryl methyl sites for hydroxylation is 2. The average Bonchev–Trinajstić information content (AvgIpc) is 2.96. The van der Waals surface area contributed by atoms with Crippen LogP contribution < -0.4 is 0 Å². The van der Waals surface area contributed by atoms with Crippen LogP contribution in [0.4, 0.5) is 0 Å². The van der Waals surface area contributed by atoms with Crippen LogP contribution in [0.15, 0.2) is 54.6 Å². The highest BCUT2D eigenvalue weighted by Crippen LogP contribution is 2.21. The lowest BCUT2D eigenvalue weighted by Gasteiger charge is -2.18. The summed E-state index contributed by atoms with van der Waals surface area (Å²) in [6.07, 6.45) is 0.885. The molecule has 0 aliphatic rings. The van der Waals surface area contributed by atoms with Crippen molar-refractivity contribution in [3.05, 3.63) is 77.1 Å². The minimum atomic E-state index is 0.0458. The predicted octanol–water partition coefficient (Wildman–Crippen LogP) is 3.79. The monoisotopic (exact) mass is 363 g/mol. The summed E-state index contributed by atoms with van der Waals surface area (Å²) < 4.78 is 1.92. The van der Waals surface area contributed by atoms with Gasteiger partial charge in [-0.15, -0.1) is 0 Å². The second-order valence-corrected chi connectivity index (χ2v) is 6.78. The summed E-state index contributed by atoms with van der Waals surface area (Å²) >= 11 is 0. The SMILES string of the molecule is Cc1nn(-c2ccccc2)c(C)c1CN(C)C(=O)CCc1ccccc1O. The van der Waals surface area contributed by atoms with Gasteiger partial charge in [0.15, 0.2) is 0 Å². The minimum absolute atomic E-state index is 0.0458. The number of phenolic OH excluding ortho intramolecular Hbond substituents is 1. The number of phenols is 1. The lowest BCUT2D eigenvalue weighted by atomic mass is 10.1. The van der Waals surface area contributed by atoms with Gasteiger partial charge < -0.3 is 10.0 Å². The maximum Gasteiger partial charge on any atom is 0.222 e. The summed E-state index contributed by atoms with van der Waals surface area (Å²) in [6, 6.07) is 17.1. The van der Waals surface area contributed by atoms with Gasteiger partial charge in [0.25, 0.3) is 0 Å². The molecule has 1 amide bonds. The van der Waals surface area contributed by atoms with Crippen molar-refractivity contribution >= 4 is 5.91 Å². The van der Waals surface area contributed by atoms with E-state index < -0.39 is 0 Å². The van der Waals surface area contributed by atoms with Gasteiger partial charge in [-0.1, -0.05) is 36.4 Å². The number of carbonyl (C=O) groups excluding carboxylic acids is 1. The molecule has 0 aliphatic heterocycles. The highest BCUT2D eigenvalue weighted by Gasteiger charge is 2.17. The van der Waals surface area contributed by atoms with Gasteiger partial charge in [-0.05, 0) is 44.0 Å². The Balaban J connectivity index is 1.69. The number of rotatable bonds is 6. The Morgan fingerprint density at radius 1 is 1.07 bits per heavy atom. The summed E-state index contributed by atoms with van der Waals surface area (Å²) in [5.41, 5.74) is 4.84. The molecule has 1 heterocycles. The molecule has 0 saturated heterocycles. The third-order valence-electron chi connectivity index (χ3n) is 4.86. The van der Waals surface area contributed by atoms with Crippen LogP contribution in [-0.2, 0) is 17.8 Å². The van der Waals surface area contributed by atoms with E-state index in [1.165, 1.54) is 0 Å². The Labute approximate surface area is 159 Å². The maximum atomic E-state index is 12.5. The molecule has 2 aromatic carbocycles. The first-order valence-corrected chi connectivity index (χ1v) is 9.08. The minimum Gasteiger partial charge on any atom is -0.508 e. The van der Waals surface area contributed by atoms with Crippen LogP contribution >= 0.6 is 0 Å². The molecule has 0 spiro atoms. The molecule has 0 saturated carbocycles. The molecule has 140 valence electrons. The number of aromatic nitrogens is 2. The number of benzene rings is 2. The van der Waals surface area contributed by atoms with Crippen LogP contribution in [0.2, 0.25) is 0 Å². The molecule has 0 radical (unpaired) electrons. The van der Waals surface area contributed by atoms with E-state index in [2.05, 4.69) is 5.10 Å². The fourth-order valence-electron chi connectivity index (χ4n) is 3.20. The normalized spacial score (nSPS) is 10.8. The van der Waals surface area contributed by atoms with Crippen molar-refractivity contribution in [1.82, 2.24) is 14.7 Å². The average molecular weight is 363 g/mol. The second-order valence-electron chi connectivity index (χ2n) is 6.78. The molecule has 5 heteroatoms. The maximum absolute atomic E-state index is 12.5. The number of aromatic hydroxyl groups is 1. The number of nitrogens with zero attached hydrogens (tertiary/aromatic N) is 3. The van der Waals surface area contributed by atoms with E-state index in [1.807, 2.05) is 68.0 Å². The van der Waals surface area contributed by atoms with Crippen LogP contribution in [0.25, 0.3) is 5.69 Å². The molecule has 1 N–H and O–H groups in total. The molecule has 0 bridgehead atoms. The molecule has 0 aliphatic carbocycles. The lowest BCUT2D eigenvalue weighted by molar-refractivity contribution is -0.130. The summed E-state index contributed by atoms with van der Waals surface area (Å²) in [6.45, 7) is 4.52. The molecule has 3 aromatic rings. The molecular formula is C22H25N3O2. The molecule has 3 rings (SSSR count). The zero-order chi connectivity index (χ0) is 19.4. The summed E-state index contributed by atoms with van der Waals surface area (Å²) in [7, 11) is 1.81. The van der Waals surface area contributed by atoms with Crippen molar-refractivity contribution in [3.63, 3.8) is 0 Å². The zero-order valence-corrected chi connectivity index (χ0v) is 16.0. The Kier molecular flexibility index (Phi) is 5.60. The Morgan fingerprint density at radius 2 is 1.74 bits per heavy atom. The third kappa shape index (κ3) is 4.19. The summed E-state index contributed by atoms with van der Waals surface area (Å²) in [5.74, 6) is 0.285. The second kappa shape index (κ2) is 8.08. The highest BCUT2D eigenvalue weighted by atomic mass is 16.3. The van der Waals surface area contributed by atoms with Crippen LogP contribution in [-0.4, -0.2) is 32.7 Å². The molecule has 0 atom stereocenters. The van der Waals surface area contributed by atoms with Gasteiger partial charge in [0.2, 0.25) is 5.91 Å². The quantitative estimate of drug-likeness (QED) is 0.725. The van der Waals surface area contributed by atoms with E-state index in [9.17, 15) is 9.90 Å². The van der Waals surface area contributed by atoms with Gasteiger partial charge in [0.05, 0.1) is 11.4 Å². The van der Waals surface area contributed by atoms with E-state index >= 15 is 0 Å². The first-order chi connectivity index (χ1) is 13.0. The first-order valence-electron chi connectivity index (χ1n) is 9.08. The smallest absolute Gasteiger partial charge is 0.222 e. The van der Waals surface area contributed by atoms with E-state index in [1.54, 1.807) is 17.0 Å². The number of amides is 1. The predicted molar refractivity (Wildman–Crippen MR) is 106 cm³/mol. The Hall–Kier alpha value is -3.08. The van der Waals surface area contributed by atoms with Crippen molar-refractivity contribution in [1.29, 1.82) is 0 Å². The fourth-order valence-corrected chi connectivity index (χ4v) is 3.20. The molecule has 27 heavy (non-hydrogen) atoms. The largest absolute Gasteiger partial charge is 0.508 e. The molecule has 5 nitrogen and oxygen atoms in total. The highest BCUT2D eigenvalue weighted by molar-refractivity contribution is 5.76. The number of carbonyl (C=O) groups is 1. The van der Waals surface area contributed by atoms with Crippen molar-refractivity contribution in [2.45, 2.75) is 33.2 Å². The van der Waals surface area contributed by atoms with E-state index in [-0.39, 0.29) is 11.7 Å². The first kappa shape index (κ1) is 18.7. The van der Waals surface area contributed by atoms with Gasteiger partial charge in [0.1, 0.15) is 5.75 Å². The lowest BCUT2D eigenvalue weighted by Crippen LogP contribution is -2.27. The van der Waals surface area contributed by atoms with Crippen molar-refractivity contribution in [3.8, 4) is 11.4 Å². The van der Waals surface area contributed by atoms with Gasteiger partial charge in [-0.25, -0.2) is 4.68 Å². The van der Waals surface area contributed by atoms with Gasteiger partial charge >= 0.3 is 0 Å². The van der Waals surface area contributed by atoms with Crippen molar-refractivity contribution in [2.75, 3.05) is 7.05 Å². The third-order valence-corrected chi connectivity index (χ3v) is 4.86. The standard InChI is InChI=1S/C22H25N3O2/c1-16-20(17(2)25(23-16)19-10-5-4-6-11-19)15-24(3)22(27)14-13-18-9-7-8-12-21(18)26/h4-12,26H,13-15H2,1-3H3. The number of hydrogen-bond donors (Lipinski definition) is 1. The van der Waals surface area contributed by atoms with E-state index in [0.717, 1.165) is 28.2 Å². The molecular weight excluding hydrogens is 338 g/mol. The van der Waals surface area contributed by atoms with E-state index in [4.69, 9.17) is 0 Å². The summed E-state index contributed by atoms with van der Waals surface area (Å²) in [5, 5.41) is 14.5. The topological polar surface area (TPSA) is 58.4 Å². The van der Waals surface area contributed by atoms with Gasteiger partial charge in [0, 0.05) is 31.3 Å². The fraction of sp³-hybridized carbons (Fsp3) is 0.273. The zero-order valence-electron chi connectivity index (χ0n) is 16.0. The van der Waals surface area contributed by atoms with E-state index in [0.29, 0.717) is 19.4 Å². The summed E-state index contributed by atoms with van der Waals surface area (Å²) in [4.78, 5) is 14.3. The molecule has 0 unspecified atom stereocenters. The van der Waals surface area contributed by atoms with Gasteiger partial charge in [-0.2, -0.15) is 5.10 Å². The van der Waals surface area contributed by atoms with Crippen LogP contribution in [0.5, 0.6) is 5.75 Å². The van der Waals surface area contributed by atoms with Crippen molar-refractivity contribution < 1.29 is 9.90 Å². The van der Waals surface area contributed by atoms with Crippen LogP contribution in [0, 0.1) is 13.8 Å². The van der Waals surface area contributed by atoms with Crippen molar-refractivity contribution in [2.24, 2.45) is 0 Å². The van der Waals surface area contributed by atoms with Gasteiger partial charge in [-0.3, -0.25) is 4.79 Å². The van der Waals surface area contributed by atoms with Crippen LogP contribution in [0.1, 0.15) is 28.9 Å². The number of para-hydroxylation sites is 2.